The van der Waals surface area contributed by atoms with Gasteiger partial charge in [0, 0.05) is 11.0 Å². The molecule has 0 aliphatic rings. The smallest absolute Gasteiger partial charge is 0.264 e. The minimum atomic E-state index is -3.60. The van der Waals surface area contributed by atoms with Crippen LogP contribution in [-0.4, -0.2) is 15.0 Å². The second-order valence-corrected chi connectivity index (χ2v) is 7.94. The Balaban J connectivity index is 2.10. The van der Waals surface area contributed by atoms with Crippen molar-refractivity contribution in [2.45, 2.75) is 11.8 Å². The Hall–Kier alpha value is -1.85. The van der Waals surface area contributed by atoms with Crippen LogP contribution in [0.4, 0.5) is 5.69 Å². The minimum Gasteiger partial charge on any atom is -0.267 e. The van der Waals surface area contributed by atoms with Crippen LogP contribution in [0.15, 0.2) is 76.1 Å². The standard InChI is InChI=1S/C18H16BrNO2S/c1-2-20(17-9-5-8-16(19)13-17)23(21,22)18-11-10-14-6-3-4-7-15(14)12-18/h3-13H,2H2,1H3. The maximum absolute atomic E-state index is 13.0. The first-order chi connectivity index (χ1) is 11.0. The molecule has 0 fully saturated rings. The van der Waals surface area contributed by atoms with Crippen LogP contribution in [0.1, 0.15) is 6.92 Å². The summed E-state index contributed by atoms with van der Waals surface area (Å²) in [7, 11) is -3.60. The van der Waals surface area contributed by atoms with Crippen molar-refractivity contribution in [3.8, 4) is 0 Å². The van der Waals surface area contributed by atoms with E-state index in [1.165, 1.54) is 4.31 Å². The summed E-state index contributed by atoms with van der Waals surface area (Å²) in [6, 6.07) is 20.3. The predicted octanol–water partition coefficient (Wildman–Crippen LogP) is 4.82. The van der Waals surface area contributed by atoms with Crippen LogP contribution in [0.2, 0.25) is 0 Å². The molecule has 3 rings (SSSR count). The van der Waals surface area contributed by atoms with Crippen molar-refractivity contribution in [1.29, 1.82) is 0 Å². The summed E-state index contributed by atoms with van der Waals surface area (Å²) >= 11 is 3.39. The Morgan fingerprint density at radius 1 is 0.913 bits per heavy atom. The molecular weight excluding hydrogens is 374 g/mol. The summed E-state index contributed by atoms with van der Waals surface area (Å²) in [4.78, 5) is 0.304. The topological polar surface area (TPSA) is 37.4 Å². The molecule has 0 heterocycles. The number of benzene rings is 3. The molecule has 0 amide bonds. The molecule has 0 spiro atoms. The molecule has 5 heteroatoms. The monoisotopic (exact) mass is 389 g/mol. The fourth-order valence-electron chi connectivity index (χ4n) is 2.58. The Kier molecular flexibility index (Phi) is 4.41. The molecule has 0 aliphatic carbocycles. The lowest BCUT2D eigenvalue weighted by molar-refractivity contribution is 0.592. The molecule has 118 valence electrons. The highest BCUT2D eigenvalue weighted by atomic mass is 79.9. The van der Waals surface area contributed by atoms with Gasteiger partial charge in [0.25, 0.3) is 10.0 Å². The van der Waals surface area contributed by atoms with Gasteiger partial charge in [0.05, 0.1) is 10.6 Å². The molecule has 0 N–H and O–H groups in total. The average molecular weight is 390 g/mol. The van der Waals surface area contributed by atoms with Gasteiger partial charge in [-0.3, -0.25) is 4.31 Å². The first-order valence-corrected chi connectivity index (χ1v) is 9.53. The van der Waals surface area contributed by atoms with E-state index < -0.39 is 10.0 Å². The lowest BCUT2D eigenvalue weighted by atomic mass is 10.1. The van der Waals surface area contributed by atoms with Gasteiger partial charge >= 0.3 is 0 Å². The summed E-state index contributed by atoms with van der Waals surface area (Å²) in [5.74, 6) is 0. The van der Waals surface area contributed by atoms with Gasteiger partial charge in [-0.15, -0.1) is 0 Å². The maximum Gasteiger partial charge on any atom is 0.264 e. The zero-order valence-electron chi connectivity index (χ0n) is 12.6. The first-order valence-electron chi connectivity index (χ1n) is 7.29. The third-order valence-electron chi connectivity index (χ3n) is 3.69. The van der Waals surface area contributed by atoms with Gasteiger partial charge in [0.1, 0.15) is 0 Å². The molecule has 0 aliphatic heterocycles. The molecule has 3 aromatic carbocycles. The van der Waals surface area contributed by atoms with Crippen LogP contribution in [0, 0.1) is 0 Å². The van der Waals surface area contributed by atoms with E-state index in [0.29, 0.717) is 17.1 Å². The highest BCUT2D eigenvalue weighted by Gasteiger charge is 2.23. The van der Waals surface area contributed by atoms with Crippen molar-refractivity contribution in [3.05, 3.63) is 71.2 Å². The maximum atomic E-state index is 13.0. The fourth-order valence-corrected chi connectivity index (χ4v) is 4.47. The number of sulfonamides is 1. The summed E-state index contributed by atoms with van der Waals surface area (Å²) in [6.07, 6.45) is 0. The third-order valence-corrected chi connectivity index (χ3v) is 6.08. The lowest BCUT2D eigenvalue weighted by Gasteiger charge is -2.23. The van der Waals surface area contributed by atoms with Crippen LogP contribution in [0.3, 0.4) is 0 Å². The number of rotatable bonds is 4. The zero-order chi connectivity index (χ0) is 16.4. The number of halogens is 1. The molecule has 23 heavy (non-hydrogen) atoms. The molecule has 0 radical (unpaired) electrons. The van der Waals surface area contributed by atoms with Crippen LogP contribution in [0.5, 0.6) is 0 Å². The van der Waals surface area contributed by atoms with Crippen molar-refractivity contribution >= 4 is 42.4 Å². The van der Waals surface area contributed by atoms with Gasteiger partial charge in [0.2, 0.25) is 0 Å². The van der Waals surface area contributed by atoms with E-state index in [-0.39, 0.29) is 0 Å². The second-order valence-electron chi connectivity index (χ2n) is 5.16. The second kappa shape index (κ2) is 6.34. The molecule has 0 saturated carbocycles. The van der Waals surface area contributed by atoms with Crippen LogP contribution >= 0.6 is 15.9 Å². The Morgan fingerprint density at radius 3 is 2.35 bits per heavy atom. The lowest BCUT2D eigenvalue weighted by Crippen LogP contribution is -2.30. The van der Waals surface area contributed by atoms with Gasteiger partial charge in [-0.1, -0.05) is 52.3 Å². The van der Waals surface area contributed by atoms with E-state index in [2.05, 4.69) is 15.9 Å². The van der Waals surface area contributed by atoms with E-state index in [9.17, 15) is 8.42 Å². The van der Waals surface area contributed by atoms with Crippen molar-refractivity contribution in [2.24, 2.45) is 0 Å². The first kappa shape index (κ1) is 16.0. The van der Waals surface area contributed by atoms with Gasteiger partial charge < -0.3 is 0 Å². The predicted molar refractivity (Wildman–Crippen MR) is 98.3 cm³/mol. The van der Waals surface area contributed by atoms with Crippen molar-refractivity contribution in [1.82, 2.24) is 0 Å². The van der Waals surface area contributed by atoms with Crippen molar-refractivity contribution in [3.63, 3.8) is 0 Å². The summed E-state index contributed by atoms with van der Waals surface area (Å²) < 4.78 is 28.3. The highest BCUT2D eigenvalue weighted by Crippen LogP contribution is 2.27. The third kappa shape index (κ3) is 3.12. The van der Waals surface area contributed by atoms with Gasteiger partial charge in [-0.25, -0.2) is 8.42 Å². The summed E-state index contributed by atoms with van der Waals surface area (Å²) in [5, 5.41) is 1.94. The largest absolute Gasteiger partial charge is 0.267 e. The SMILES string of the molecule is CCN(c1cccc(Br)c1)S(=O)(=O)c1ccc2ccccc2c1. The quantitative estimate of drug-likeness (QED) is 0.641. The molecule has 0 unspecified atom stereocenters. The van der Waals surface area contributed by atoms with Crippen LogP contribution < -0.4 is 4.31 Å². The molecule has 0 atom stereocenters. The number of nitrogens with zero attached hydrogens (tertiary/aromatic N) is 1. The minimum absolute atomic E-state index is 0.304. The number of anilines is 1. The van der Waals surface area contributed by atoms with E-state index in [0.717, 1.165) is 15.2 Å². The van der Waals surface area contributed by atoms with Gasteiger partial charge in [-0.05, 0) is 48.0 Å². The molecule has 0 bridgehead atoms. The Bertz CT molecular complexity index is 954. The van der Waals surface area contributed by atoms with Crippen LogP contribution in [-0.2, 0) is 10.0 Å². The summed E-state index contributed by atoms with van der Waals surface area (Å²) in [6.45, 7) is 2.20. The number of hydrogen-bond acceptors (Lipinski definition) is 2. The normalized spacial score (nSPS) is 11.6. The average Bonchev–Trinajstić information content (AvgIpc) is 2.55. The zero-order valence-corrected chi connectivity index (χ0v) is 15.0. The molecule has 0 saturated heterocycles. The van der Waals surface area contributed by atoms with Gasteiger partial charge in [0.15, 0.2) is 0 Å². The number of hydrogen-bond donors (Lipinski definition) is 0. The van der Waals surface area contributed by atoms with E-state index >= 15 is 0 Å². The van der Waals surface area contributed by atoms with E-state index in [1.807, 2.05) is 55.5 Å². The van der Waals surface area contributed by atoms with E-state index in [4.69, 9.17) is 0 Å². The molecular formula is C18H16BrNO2S. The highest BCUT2D eigenvalue weighted by molar-refractivity contribution is 9.10. The molecule has 0 aromatic heterocycles. The van der Waals surface area contributed by atoms with Crippen LogP contribution in [0.25, 0.3) is 10.8 Å². The van der Waals surface area contributed by atoms with Gasteiger partial charge in [-0.2, -0.15) is 0 Å². The Labute approximate surface area is 144 Å². The fraction of sp³-hybridized carbons (Fsp3) is 0.111. The number of fused-ring (bicyclic) bond motifs is 1. The van der Waals surface area contributed by atoms with E-state index in [1.54, 1.807) is 18.2 Å². The van der Waals surface area contributed by atoms with Crippen molar-refractivity contribution < 1.29 is 8.42 Å². The molecule has 3 nitrogen and oxygen atoms in total. The Morgan fingerprint density at radius 2 is 1.65 bits per heavy atom. The summed E-state index contributed by atoms with van der Waals surface area (Å²) in [5.41, 5.74) is 0.648. The van der Waals surface area contributed by atoms with Crippen molar-refractivity contribution in [2.75, 3.05) is 10.8 Å². The molecule has 3 aromatic rings.